The van der Waals surface area contributed by atoms with Crippen LogP contribution in [0.15, 0.2) is 12.1 Å². The van der Waals surface area contributed by atoms with Crippen LogP contribution in [-0.2, 0) is 0 Å². The van der Waals surface area contributed by atoms with Gasteiger partial charge in [-0.15, -0.1) is 0 Å². The summed E-state index contributed by atoms with van der Waals surface area (Å²) in [6.45, 7) is 2.17. The normalized spacial score (nSPS) is 10.9. The molecule has 0 spiro atoms. The van der Waals surface area contributed by atoms with Crippen molar-refractivity contribution >= 4 is 5.78 Å². The summed E-state index contributed by atoms with van der Waals surface area (Å²) >= 11 is 0. The molecule has 0 saturated carbocycles. The number of Topliss-reactive ketones (excluding diaryl/α,β-unsaturated/α-hetero) is 1. The van der Waals surface area contributed by atoms with Crippen LogP contribution in [0.25, 0.3) is 0 Å². The van der Waals surface area contributed by atoms with Gasteiger partial charge >= 0.3 is 0 Å². The number of rotatable bonds is 10. The molecule has 0 saturated heterocycles. The molecule has 1 rings (SSSR count). The fourth-order valence-corrected chi connectivity index (χ4v) is 2.28. The van der Waals surface area contributed by atoms with Crippen LogP contribution in [0.2, 0.25) is 0 Å². The average Bonchev–Trinajstić information content (AvgIpc) is 2.46. The molecule has 0 bridgehead atoms. The van der Waals surface area contributed by atoms with Crippen LogP contribution >= 0.6 is 0 Å². The minimum Gasteiger partial charge on any atom is -0.294 e. The molecule has 0 heterocycles. The number of hydrogen-bond donors (Lipinski definition) is 0. The standard InChI is InChI=1S/C17H23F3O/c1-2-3-4-5-6-7-8-9-10-16(21)13-11-14(18)17(20)15(19)12-13/h11-12H,2-10H2,1H3. The smallest absolute Gasteiger partial charge is 0.194 e. The second-order valence-corrected chi connectivity index (χ2v) is 5.40. The number of ketones is 1. The summed E-state index contributed by atoms with van der Waals surface area (Å²) in [6.07, 6.45) is 9.08. The van der Waals surface area contributed by atoms with Crippen molar-refractivity contribution in [1.82, 2.24) is 0 Å². The number of carbonyl (C=O) groups excluding carboxylic acids is 1. The lowest BCUT2D eigenvalue weighted by atomic mass is 10.0. The first-order valence-electron chi connectivity index (χ1n) is 7.74. The predicted molar refractivity (Wildman–Crippen MR) is 77.9 cm³/mol. The maximum atomic E-state index is 13.0. The van der Waals surface area contributed by atoms with Crippen molar-refractivity contribution < 1.29 is 18.0 Å². The Bertz CT molecular complexity index is 434. The van der Waals surface area contributed by atoms with Gasteiger partial charge in [0.25, 0.3) is 0 Å². The van der Waals surface area contributed by atoms with Crippen molar-refractivity contribution in [2.24, 2.45) is 0 Å². The van der Waals surface area contributed by atoms with Gasteiger partial charge in [0.2, 0.25) is 0 Å². The molecule has 118 valence electrons. The maximum absolute atomic E-state index is 13.0. The van der Waals surface area contributed by atoms with Gasteiger partial charge < -0.3 is 0 Å². The Morgan fingerprint density at radius 3 is 1.86 bits per heavy atom. The summed E-state index contributed by atoms with van der Waals surface area (Å²) in [5.74, 6) is -4.49. The number of unbranched alkanes of at least 4 members (excludes halogenated alkanes) is 7. The van der Waals surface area contributed by atoms with Crippen molar-refractivity contribution in [1.29, 1.82) is 0 Å². The van der Waals surface area contributed by atoms with E-state index in [4.69, 9.17) is 0 Å². The van der Waals surface area contributed by atoms with Gasteiger partial charge in [-0.25, -0.2) is 13.2 Å². The van der Waals surface area contributed by atoms with Crippen LogP contribution < -0.4 is 0 Å². The van der Waals surface area contributed by atoms with Gasteiger partial charge in [-0.05, 0) is 18.6 Å². The summed E-state index contributed by atoms with van der Waals surface area (Å²) in [4.78, 5) is 11.8. The van der Waals surface area contributed by atoms with Gasteiger partial charge in [-0.3, -0.25) is 4.79 Å². The average molecular weight is 300 g/mol. The lowest BCUT2D eigenvalue weighted by molar-refractivity contribution is 0.0978. The highest BCUT2D eigenvalue weighted by molar-refractivity contribution is 5.96. The van der Waals surface area contributed by atoms with E-state index in [0.717, 1.165) is 31.4 Å². The van der Waals surface area contributed by atoms with E-state index in [1.165, 1.54) is 25.7 Å². The highest BCUT2D eigenvalue weighted by Crippen LogP contribution is 2.16. The number of hydrogen-bond acceptors (Lipinski definition) is 1. The van der Waals surface area contributed by atoms with Gasteiger partial charge in [0, 0.05) is 12.0 Å². The van der Waals surface area contributed by atoms with Gasteiger partial charge in [0.15, 0.2) is 23.2 Å². The molecule has 0 aliphatic carbocycles. The van der Waals surface area contributed by atoms with Crippen LogP contribution in [0.4, 0.5) is 13.2 Å². The van der Waals surface area contributed by atoms with Crippen molar-refractivity contribution in [2.45, 2.75) is 64.7 Å². The molecule has 0 radical (unpaired) electrons. The molecule has 0 fully saturated rings. The topological polar surface area (TPSA) is 17.1 Å². The number of carbonyl (C=O) groups is 1. The first kappa shape index (κ1) is 17.7. The summed E-state index contributed by atoms with van der Waals surface area (Å²) < 4.78 is 38.8. The van der Waals surface area contributed by atoms with Crippen LogP contribution in [0.1, 0.15) is 75.1 Å². The first-order valence-corrected chi connectivity index (χ1v) is 7.74. The lowest BCUT2D eigenvalue weighted by Crippen LogP contribution is -2.03. The highest BCUT2D eigenvalue weighted by Gasteiger charge is 2.14. The second-order valence-electron chi connectivity index (χ2n) is 5.40. The zero-order chi connectivity index (χ0) is 15.7. The Labute approximate surface area is 124 Å². The Balaban J connectivity index is 2.25. The van der Waals surface area contributed by atoms with Crippen molar-refractivity contribution in [2.75, 3.05) is 0 Å². The van der Waals surface area contributed by atoms with Gasteiger partial charge in [0.1, 0.15) is 0 Å². The minimum absolute atomic E-state index is 0.0886. The van der Waals surface area contributed by atoms with E-state index >= 15 is 0 Å². The summed E-state index contributed by atoms with van der Waals surface area (Å²) in [7, 11) is 0. The third kappa shape index (κ3) is 6.32. The third-order valence-electron chi connectivity index (χ3n) is 3.56. The Hall–Kier alpha value is -1.32. The van der Waals surface area contributed by atoms with E-state index in [9.17, 15) is 18.0 Å². The molecule has 4 heteroatoms. The van der Waals surface area contributed by atoms with Crippen LogP contribution in [0.5, 0.6) is 0 Å². The zero-order valence-electron chi connectivity index (χ0n) is 12.6. The Morgan fingerprint density at radius 2 is 1.33 bits per heavy atom. The van der Waals surface area contributed by atoms with E-state index < -0.39 is 17.5 Å². The minimum atomic E-state index is -1.53. The maximum Gasteiger partial charge on any atom is 0.194 e. The Kier molecular flexibility index (Phi) is 8.09. The largest absolute Gasteiger partial charge is 0.294 e. The summed E-state index contributed by atoms with van der Waals surface area (Å²) in [5, 5.41) is 0. The van der Waals surface area contributed by atoms with Crippen LogP contribution in [0, 0.1) is 17.5 Å². The van der Waals surface area contributed by atoms with Gasteiger partial charge in [-0.2, -0.15) is 0 Å². The first-order chi connectivity index (χ1) is 10.1. The van der Waals surface area contributed by atoms with Crippen LogP contribution in [0.3, 0.4) is 0 Å². The monoisotopic (exact) mass is 300 g/mol. The SMILES string of the molecule is CCCCCCCCCCC(=O)c1cc(F)c(F)c(F)c1. The van der Waals surface area contributed by atoms with E-state index in [1.807, 2.05) is 0 Å². The molecular weight excluding hydrogens is 277 g/mol. The number of halogens is 3. The third-order valence-corrected chi connectivity index (χ3v) is 3.56. The van der Waals surface area contributed by atoms with Crippen molar-refractivity contribution in [3.05, 3.63) is 35.1 Å². The molecular formula is C17H23F3O. The molecule has 0 aromatic heterocycles. The summed E-state index contributed by atoms with van der Waals surface area (Å²) in [5.41, 5.74) is -0.0886. The second kappa shape index (κ2) is 9.59. The highest BCUT2D eigenvalue weighted by atomic mass is 19.2. The molecule has 0 N–H and O–H groups in total. The van der Waals surface area contributed by atoms with E-state index in [-0.39, 0.29) is 17.8 Å². The number of benzene rings is 1. The van der Waals surface area contributed by atoms with E-state index in [0.29, 0.717) is 6.42 Å². The van der Waals surface area contributed by atoms with E-state index in [1.54, 1.807) is 0 Å². The fraction of sp³-hybridized carbons (Fsp3) is 0.588. The zero-order valence-corrected chi connectivity index (χ0v) is 12.6. The molecule has 0 aliphatic rings. The quantitative estimate of drug-likeness (QED) is 0.302. The fourth-order valence-electron chi connectivity index (χ4n) is 2.28. The lowest BCUT2D eigenvalue weighted by Gasteiger charge is -2.04. The summed E-state index contributed by atoms with van der Waals surface area (Å²) in [6, 6.07) is 1.54. The van der Waals surface area contributed by atoms with Crippen molar-refractivity contribution in [3.8, 4) is 0 Å². The molecule has 1 aromatic rings. The van der Waals surface area contributed by atoms with Crippen LogP contribution in [-0.4, -0.2) is 5.78 Å². The van der Waals surface area contributed by atoms with Gasteiger partial charge in [0.05, 0.1) is 0 Å². The van der Waals surface area contributed by atoms with E-state index in [2.05, 4.69) is 6.92 Å². The molecule has 1 nitrogen and oxygen atoms in total. The molecule has 0 amide bonds. The Morgan fingerprint density at radius 1 is 0.857 bits per heavy atom. The molecule has 21 heavy (non-hydrogen) atoms. The molecule has 1 aromatic carbocycles. The van der Waals surface area contributed by atoms with Gasteiger partial charge in [-0.1, -0.05) is 51.9 Å². The predicted octanol–water partition coefficient (Wildman–Crippen LogP) is 5.82. The van der Waals surface area contributed by atoms with Crippen molar-refractivity contribution in [3.63, 3.8) is 0 Å². The molecule has 0 aliphatic heterocycles. The molecule has 0 unspecified atom stereocenters. The molecule has 0 atom stereocenters.